The molecule has 5 nitrogen and oxygen atoms in total. The van der Waals surface area contributed by atoms with Crippen molar-refractivity contribution in [1.82, 2.24) is 15.2 Å². The fraction of sp³-hybridized carbons (Fsp3) is 0.364. The van der Waals surface area contributed by atoms with Gasteiger partial charge in [-0.2, -0.15) is 0 Å². The van der Waals surface area contributed by atoms with Crippen LogP contribution in [-0.2, 0) is 19.5 Å². The molecular formula is C22H26N4OS. The number of rotatable bonds is 3. The average Bonchev–Trinajstić information content (AvgIpc) is 2.95. The van der Waals surface area contributed by atoms with E-state index in [1.807, 2.05) is 26.8 Å². The van der Waals surface area contributed by atoms with Crippen molar-refractivity contribution >= 4 is 33.1 Å². The van der Waals surface area contributed by atoms with Crippen LogP contribution in [0, 0.1) is 0 Å². The smallest absolute Gasteiger partial charge is 0.263 e. The molecular weight excluding hydrogens is 368 g/mol. The predicted octanol–water partition coefficient (Wildman–Crippen LogP) is 3.97. The van der Waals surface area contributed by atoms with Gasteiger partial charge in [-0.05, 0) is 38.0 Å². The third-order valence-electron chi connectivity index (χ3n) is 4.89. The summed E-state index contributed by atoms with van der Waals surface area (Å²) in [4.78, 5) is 21.3. The molecule has 146 valence electrons. The summed E-state index contributed by atoms with van der Waals surface area (Å²) in [6, 6.07) is 12.7. The monoisotopic (exact) mass is 394 g/mol. The van der Waals surface area contributed by atoms with Crippen LogP contribution in [0.5, 0.6) is 0 Å². The molecule has 2 aromatic heterocycles. The Hall–Kier alpha value is -2.44. The molecule has 0 fully saturated rings. The van der Waals surface area contributed by atoms with E-state index >= 15 is 0 Å². The number of nitrogens with one attached hydrogen (secondary N) is 1. The van der Waals surface area contributed by atoms with Gasteiger partial charge in [0.1, 0.15) is 9.71 Å². The number of carbonyl (C=O) groups excluding carboxylic acids is 1. The Balaban J connectivity index is 1.61. The van der Waals surface area contributed by atoms with Crippen LogP contribution in [0.1, 0.15) is 47.3 Å². The molecule has 3 N–H and O–H groups in total. The zero-order valence-electron chi connectivity index (χ0n) is 16.6. The molecule has 1 aliphatic rings. The number of nitrogens with zero attached hydrogens (tertiary/aromatic N) is 2. The summed E-state index contributed by atoms with van der Waals surface area (Å²) in [5, 5.41) is 3.89. The van der Waals surface area contributed by atoms with Crippen molar-refractivity contribution in [2.75, 3.05) is 12.3 Å². The Kier molecular flexibility index (Phi) is 4.85. The third-order valence-corrected chi connectivity index (χ3v) is 6.01. The van der Waals surface area contributed by atoms with Gasteiger partial charge in [-0.25, -0.2) is 4.98 Å². The standard InChI is InChI=1S/C22H26N4OS/c1-22(2,3)25-20(27)19-18(23)16-11-15-13-26(12-14-7-5-4-6-8-14)10-9-17(15)24-21(16)28-19/h4-8,11H,9-10,12-13,23H2,1-3H3,(H,25,27). The number of anilines is 1. The second kappa shape index (κ2) is 7.18. The summed E-state index contributed by atoms with van der Waals surface area (Å²) in [6.07, 6.45) is 0.916. The molecule has 28 heavy (non-hydrogen) atoms. The maximum Gasteiger partial charge on any atom is 0.263 e. The minimum Gasteiger partial charge on any atom is -0.397 e. The molecule has 3 heterocycles. The number of benzene rings is 1. The van der Waals surface area contributed by atoms with Gasteiger partial charge in [-0.3, -0.25) is 9.69 Å². The average molecular weight is 395 g/mol. The van der Waals surface area contributed by atoms with Crippen LogP contribution < -0.4 is 11.1 Å². The van der Waals surface area contributed by atoms with Crippen LogP contribution >= 0.6 is 11.3 Å². The Morgan fingerprint density at radius 3 is 2.75 bits per heavy atom. The summed E-state index contributed by atoms with van der Waals surface area (Å²) in [5.41, 5.74) is 10.2. The number of fused-ring (bicyclic) bond motifs is 2. The van der Waals surface area contributed by atoms with Crippen molar-refractivity contribution < 1.29 is 4.79 Å². The maximum atomic E-state index is 12.6. The van der Waals surface area contributed by atoms with Gasteiger partial charge in [-0.15, -0.1) is 11.3 Å². The summed E-state index contributed by atoms with van der Waals surface area (Å²) < 4.78 is 0. The maximum absolute atomic E-state index is 12.6. The summed E-state index contributed by atoms with van der Waals surface area (Å²) in [5.74, 6) is -0.128. The Labute approximate surface area is 169 Å². The number of hydrogen-bond acceptors (Lipinski definition) is 5. The zero-order chi connectivity index (χ0) is 19.9. The second-order valence-corrected chi connectivity index (χ2v) is 9.44. The van der Waals surface area contributed by atoms with Gasteiger partial charge in [0.15, 0.2) is 0 Å². The topological polar surface area (TPSA) is 71.2 Å². The summed E-state index contributed by atoms with van der Waals surface area (Å²) in [6.45, 7) is 8.66. The number of aromatic nitrogens is 1. The van der Waals surface area contributed by atoms with E-state index in [4.69, 9.17) is 10.7 Å². The lowest BCUT2D eigenvalue weighted by Gasteiger charge is -2.28. The van der Waals surface area contributed by atoms with Gasteiger partial charge in [0, 0.05) is 42.7 Å². The first-order chi connectivity index (χ1) is 13.3. The van der Waals surface area contributed by atoms with Crippen molar-refractivity contribution in [2.24, 2.45) is 0 Å². The van der Waals surface area contributed by atoms with Crippen molar-refractivity contribution in [3.63, 3.8) is 0 Å². The molecule has 0 saturated carbocycles. The number of nitrogens with two attached hydrogens (primary N) is 1. The minimum absolute atomic E-state index is 0.128. The molecule has 0 unspecified atom stereocenters. The highest BCUT2D eigenvalue weighted by atomic mass is 32.1. The van der Waals surface area contributed by atoms with Crippen molar-refractivity contribution in [3.05, 3.63) is 58.1 Å². The van der Waals surface area contributed by atoms with Crippen molar-refractivity contribution in [1.29, 1.82) is 0 Å². The van der Waals surface area contributed by atoms with Crippen LogP contribution in [0.3, 0.4) is 0 Å². The third kappa shape index (κ3) is 3.88. The lowest BCUT2D eigenvalue weighted by Crippen LogP contribution is -2.40. The van der Waals surface area contributed by atoms with Crippen LogP contribution in [-0.4, -0.2) is 27.9 Å². The molecule has 4 rings (SSSR count). The van der Waals surface area contributed by atoms with Crippen LogP contribution in [0.4, 0.5) is 5.69 Å². The van der Waals surface area contributed by atoms with Crippen LogP contribution in [0.2, 0.25) is 0 Å². The predicted molar refractivity (Wildman–Crippen MR) is 116 cm³/mol. The molecule has 6 heteroatoms. The first-order valence-electron chi connectivity index (χ1n) is 9.60. The molecule has 1 amide bonds. The fourth-order valence-electron chi connectivity index (χ4n) is 3.60. The van der Waals surface area contributed by atoms with Crippen molar-refractivity contribution in [3.8, 4) is 0 Å². The highest BCUT2D eigenvalue weighted by Gasteiger charge is 2.24. The minimum atomic E-state index is -0.301. The number of amides is 1. The van der Waals surface area contributed by atoms with E-state index in [1.54, 1.807) is 0 Å². The van der Waals surface area contributed by atoms with E-state index < -0.39 is 0 Å². The van der Waals surface area contributed by atoms with Gasteiger partial charge in [0.25, 0.3) is 5.91 Å². The Morgan fingerprint density at radius 2 is 2.04 bits per heavy atom. The Bertz CT molecular complexity index is 1020. The van der Waals surface area contributed by atoms with E-state index in [-0.39, 0.29) is 11.4 Å². The molecule has 0 saturated heterocycles. The molecule has 1 aromatic carbocycles. The van der Waals surface area contributed by atoms with Crippen LogP contribution in [0.15, 0.2) is 36.4 Å². The molecule has 0 aliphatic carbocycles. The van der Waals surface area contributed by atoms with E-state index in [0.29, 0.717) is 10.6 Å². The highest BCUT2D eigenvalue weighted by molar-refractivity contribution is 7.21. The number of pyridine rings is 1. The molecule has 1 aliphatic heterocycles. The summed E-state index contributed by atoms with van der Waals surface area (Å²) in [7, 11) is 0. The normalized spacial score (nSPS) is 14.8. The highest BCUT2D eigenvalue weighted by Crippen LogP contribution is 2.35. The van der Waals surface area contributed by atoms with Crippen LogP contribution in [0.25, 0.3) is 10.2 Å². The van der Waals surface area contributed by atoms with Gasteiger partial charge in [0.05, 0.1) is 5.69 Å². The molecule has 0 spiro atoms. The van der Waals surface area contributed by atoms with E-state index in [0.717, 1.165) is 42.0 Å². The first-order valence-corrected chi connectivity index (χ1v) is 10.4. The molecule has 0 radical (unpaired) electrons. The number of hydrogen-bond donors (Lipinski definition) is 2. The summed E-state index contributed by atoms with van der Waals surface area (Å²) >= 11 is 1.39. The SMILES string of the molecule is CC(C)(C)NC(=O)c1sc2nc3c(cc2c1N)CN(Cc1ccccc1)CC3. The van der Waals surface area contributed by atoms with E-state index in [1.165, 1.54) is 22.5 Å². The molecule has 0 atom stereocenters. The van der Waals surface area contributed by atoms with Crippen molar-refractivity contribution in [2.45, 2.75) is 45.8 Å². The Morgan fingerprint density at radius 1 is 1.29 bits per heavy atom. The lowest BCUT2D eigenvalue weighted by atomic mass is 10.0. The zero-order valence-corrected chi connectivity index (χ0v) is 17.4. The second-order valence-electron chi connectivity index (χ2n) is 8.44. The van der Waals surface area contributed by atoms with Gasteiger partial charge >= 0.3 is 0 Å². The quantitative estimate of drug-likeness (QED) is 0.705. The van der Waals surface area contributed by atoms with Gasteiger partial charge in [0.2, 0.25) is 0 Å². The van der Waals surface area contributed by atoms with E-state index in [9.17, 15) is 4.79 Å². The number of thiophene rings is 1. The largest absolute Gasteiger partial charge is 0.397 e. The molecule has 0 bridgehead atoms. The number of carbonyl (C=O) groups is 1. The molecule has 3 aromatic rings. The first kappa shape index (κ1) is 18.9. The fourth-order valence-corrected chi connectivity index (χ4v) is 4.59. The van der Waals surface area contributed by atoms with E-state index in [2.05, 4.69) is 40.5 Å². The number of nitrogen functional groups attached to an aromatic ring is 1. The van der Waals surface area contributed by atoms with Gasteiger partial charge < -0.3 is 11.1 Å². The lowest BCUT2D eigenvalue weighted by molar-refractivity contribution is 0.0924. The van der Waals surface area contributed by atoms with Gasteiger partial charge in [-0.1, -0.05) is 30.3 Å².